The van der Waals surface area contributed by atoms with E-state index in [4.69, 9.17) is 11.5 Å². The smallest absolute Gasteiger partial charge is 0.131 e. The Bertz CT molecular complexity index is 132. The van der Waals surface area contributed by atoms with Gasteiger partial charge in [0.15, 0.2) is 0 Å². The molecule has 0 bridgehead atoms. The molecule has 0 aliphatic rings. The highest BCUT2D eigenvalue weighted by Gasteiger charge is 1.92. The number of thioether (sulfide) groups is 2. The summed E-state index contributed by atoms with van der Waals surface area (Å²) in [6.07, 6.45) is 0. The molecule has 0 aliphatic heterocycles. The van der Waals surface area contributed by atoms with Crippen LogP contribution in [0.25, 0.3) is 0 Å². The zero-order valence-electron chi connectivity index (χ0n) is 6.62. The van der Waals surface area contributed by atoms with Crippen molar-refractivity contribution >= 4 is 56.6 Å². The van der Waals surface area contributed by atoms with Crippen molar-refractivity contribution in [3.8, 4) is 0 Å². The van der Waals surface area contributed by atoms with E-state index in [0.717, 1.165) is 11.5 Å². The summed E-state index contributed by atoms with van der Waals surface area (Å²) in [5, 5.41) is 0. The quantitative estimate of drug-likeness (QED) is 0.445. The fraction of sp³-hybridized carbons (Fsp3) is 0.333. The Balaban J connectivity index is 0. The van der Waals surface area contributed by atoms with Crippen molar-refractivity contribution in [3.63, 3.8) is 0 Å². The first-order valence-electron chi connectivity index (χ1n) is 2.97. The lowest BCUT2D eigenvalue weighted by molar-refractivity contribution is 1.57. The van der Waals surface area contributed by atoms with E-state index in [1.54, 1.807) is 0 Å². The number of rotatable bonds is 3. The highest BCUT2D eigenvalue weighted by molar-refractivity contribution is 8.25. The molecule has 4 N–H and O–H groups in total. The molecule has 0 rings (SSSR count). The molecule has 0 aromatic rings. The fourth-order valence-electron chi connectivity index (χ4n) is 0.285. The third-order valence-corrected chi connectivity index (χ3v) is 2.92. The van der Waals surface area contributed by atoms with Crippen LogP contribution in [-0.2, 0) is 0 Å². The van der Waals surface area contributed by atoms with Crippen LogP contribution in [0.1, 0.15) is 0 Å². The van der Waals surface area contributed by atoms with Gasteiger partial charge in [0.05, 0.1) is 0 Å². The molecule has 0 radical (unpaired) electrons. The van der Waals surface area contributed by atoms with E-state index in [1.165, 1.54) is 23.5 Å². The van der Waals surface area contributed by atoms with Crippen LogP contribution in [0, 0.1) is 0 Å². The van der Waals surface area contributed by atoms with Gasteiger partial charge in [-0.2, -0.15) is 0 Å². The molecular formula is C6H12N2S4. The van der Waals surface area contributed by atoms with Crippen LogP contribution in [0.2, 0.25) is 0 Å². The molecule has 0 unspecified atom stereocenters. The van der Waals surface area contributed by atoms with Gasteiger partial charge in [-0.3, -0.25) is 0 Å². The predicted octanol–water partition coefficient (Wildman–Crippen LogP) is 1.74. The second kappa shape index (κ2) is 11.2. The zero-order valence-corrected chi connectivity index (χ0v) is 9.88. The summed E-state index contributed by atoms with van der Waals surface area (Å²) in [6, 6.07) is 0. The molecular weight excluding hydrogens is 228 g/mol. The van der Waals surface area contributed by atoms with Crippen molar-refractivity contribution in [2.24, 2.45) is 11.5 Å². The Kier molecular flexibility index (Phi) is 13.8. The standard InChI is InChI=1S/C4H8N2S4.C2H4/c5-3(7)9-1-2-10-4(6)8;1-2/h1-2H2,(H2,5,7)(H2,6,8);1-2H2. The van der Waals surface area contributed by atoms with Crippen LogP contribution in [0.4, 0.5) is 0 Å². The Hall–Kier alpha value is 0.220. The Morgan fingerprint density at radius 1 is 1.00 bits per heavy atom. The van der Waals surface area contributed by atoms with Gasteiger partial charge in [0.25, 0.3) is 0 Å². The van der Waals surface area contributed by atoms with Crippen LogP contribution in [-0.4, -0.2) is 20.1 Å². The van der Waals surface area contributed by atoms with Crippen molar-refractivity contribution < 1.29 is 0 Å². The van der Waals surface area contributed by atoms with Crippen molar-refractivity contribution in [2.45, 2.75) is 0 Å². The molecule has 6 heteroatoms. The van der Waals surface area contributed by atoms with Crippen LogP contribution in [0.5, 0.6) is 0 Å². The van der Waals surface area contributed by atoms with E-state index in [2.05, 4.69) is 37.6 Å². The fourth-order valence-corrected chi connectivity index (χ4v) is 1.85. The molecule has 2 nitrogen and oxygen atoms in total. The van der Waals surface area contributed by atoms with Gasteiger partial charge >= 0.3 is 0 Å². The molecule has 0 atom stereocenters. The average molecular weight is 240 g/mol. The van der Waals surface area contributed by atoms with Gasteiger partial charge in [-0.25, -0.2) is 0 Å². The maximum Gasteiger partial charge on any atom is 0.131 e. The van der Waals surface area contributed by atoms with E-state index < -0.39 is 0 Å². The van der Waals surface area contributed by atoms with Crippen LogP contribution < -0.4 is 11.5 Å². The SMILES string of the molecule is C=C.NC(=S)SCCSC(N)=S. The summed E-state index contributed by atoms with van der Waals surface area (Å²) < 4.78 is 0.951. The summed E-state index contributed by atoms with van der Waals surface area (Å²) in [4.78, 5) is 0. The summed E-state index contributed by atoms with van der Waals surface area (Å²) in [7, 11) is 0. The predicted molar refractivity (Wildman–Crippen MR) is 69.7 cm³/mol. The number of thiocarbonyl (C=S) groups is 2. The Morgan fingerprint density at radius 2 is 1.25 bits per heavy atom. The largest absolute Gasteiger partial charge is 0.385 e. The first kappa shape index (κ1) is 14.7. The number of hydrogen-bond acceptors (Lipinski definition) is 4. The van der Waals surface area contributed by atoms with Crippen molar-refractivity contribution in [2.75, 3.05) is 11.5 Å². The molecule has 0 fully saturated rings. The van der Waals surface area contributed by atoms with E-state index in [-0.39, 0.29) is 0 Å². The van der Waals surface area contributed by atoms with E-state index in [9.17, 15) is 0 Å². The highest BCUT2D eigenvalue weighted by Crippen LogP contribution is 2.06. The monoisotopic (exact) mass is 240 g/mol. The third-order valence-electron chi connectivity index (χ3n) is 0.572. The molecule has 0 aromatic carbocycles. The molecule has 0 saturated heterocycles. The summed E-state index contributed by atoms with van der Waals surface area (Å²) >= 11 is 12.2. The van der Waals surface area contributed by atoms with E-state index in [0.29, 0.717) is 8.64 Å². The maximum atomic E-state index is 5.23. The van der Waals surface area contributed by atoms with E-state index >= 15 is 0 Å². The molecule has 0 aliphatic carbocycles. The molecule has 70 valence electrons. The maximum absolute atomic E-state index is 5.23. The first-order valence-corrected chi connectivity index (χ1v) is 5.76. The van der Waals surface area contributed by atoms with Crippen LogP contribution >= 0.6 is 48.0 Å². The second-order valence-electron chi connectivity index (χ2n) is 1.33. The van der Waals surface area contributed by atoms with Gasteiger partial charge in [0, 0.05) is 11.5 Å². The van der Waals surface area contributed by atoms with Crippen LogP contribution in [0.3, 0.4) is 0 Å². The van der Waals surface area contributed by atoms with E-state index in [1.807, 2.05) is 0 Å². The van der Waals surface area contributed by atoms with Gasteiger partial charge in [0.1, 0.15) is 8.64 Å². The highest BCUT2D eigenvalue weighted by atomic mass is 32.2. The lowest BCUT2D eigenvalue weighted by Crippen LogP contribution is -2.06. The third kappa shape index (κ3) is 16.7. The van der Waals surface area contributed by atoms with Crippen molar-refractivity contribution in [1.82, 2.24) is 0 Å². The second-order valence-corrected chi connectivity index (χ2v) is 5.00. The number of nitrogens with two attached hydrogens (primary N) is 2. The Labute approximate surface area is 92.5 Å². The molecule has 0 heterocycles. The lowest BCUT2D eigenvalue weighted by Gasteiger charge is -1.96. The molecule has 0 spiro atoms. The van der Waals surface area contributed by atoms with Crippen molar-refractivity contribution in [3.05, 3.63) is 13.2 Å². The van der Waals surface area contributed by atoms with Gasteiger partial charge in [0.2, 0.25) is 0 Å². The minimum atomic E-state index is 0.475. The summed E-state index contributed by atoms with van der Waals surface area (Å²) in [6.45, 7) is 6.00. The number of hydrogen-bond donors (Lipinski definition) is 2. The summed E-state index contributed by atoms with van der Waals surface area (Å²) in [5.41, 5.74) is 10.5. The minimum absolute atomic E-state index is 0.475. The normalized spacial score (nSPS) is 8.00. The Morgan fingerprint density at radius 3 is 1.42 bits per heavy atom. The minimum Gasteiger partial charge on any atom is -0.385 e. The topological polar surface area (TPSA) is 52.0 Å². The lowest BCUT2D eigenvalue weighted by atomic mass is 11.0. The zero-order chi connectivity index (χ0) is 9.98. The summed E-state index contributed by atoms with van der Waals surface area (Å²) in [5.74, 6) is 1.74. The molecule has 12 heavy (non-hydrogen) atoms. The molecule has 0 saturated carbocycles. The molecule has 0 aromatic heterocycles. The van der Waals surface area contributed by atoms with Gasteiger partial charge in [-0.1, -0.05) is 48.0 Å². The average Bonchev–Trinajstić information content (AvgIpc) is 2.02. The van der Waals surface area contributed by atoms with Gasteiger partial charge in [-0.15, -0.1) is 13.2 Å². The first-order chi connectivity index (χ1) is 5.63. The van der Waals surface area contributed by atoms with Crippen molar-refractivity contribution in [1.29, 1.82) is 0 Å². The van der Waals surface area contributed by atoms with Crippen LogP contribution in [0.15, 0.2) is 13.2 Å². The van der Waals surface area contributed by atoms with Gasteiger partial charge in [-0.05, 0) is 0 Å². The molecule has 0 amide bonds. The van der Waals surface area contributed by atoms with Gasteiger partial charge < -0.3 is 11.5 Å².